The SMILES string of the molecule is CCC(C)C(NC(=O)C(N)CCCN=C(N)N)C(=O)NC(CCSC)C(=O)NC(CS)C(=O)O. The van der Waals surface area contributed by atoms with Crippen LogP contribution in [-0.4, -0.2) is 83.2 Å². The van der Waals surface area contributed by atoms with E-state index in [0.29, 0.717) is 31.6 Å². The number of rotatable bonds is 17. The molecule has 196 valence electrons. The normalized spacial score (nSPS) is 15.2. The summed E-state index contributed by atoms with van der Waals surface area (Å²) < 4.78 is 0. The van der Waals surface area contributed by atoms with Gasteiger partial charge in [-0.15, -0.1) is 0 Å². The number of amides is 3. The monoisotopic (exact) mass is 521 g/mol. The molecule has 0 fully saturated rings. The fourth-order valence-electron chi connectivity index (χ4n) is 2.84. The molecule has 0 saturated carbocycles. The van der Waals surface area contributed by atoms with Crippen molar-refractivity contribution >= 4 is 54.0 Å². The van der Waals surface area contributed by atoms with Crippen molar-refractivity contribution in [3.8, 4) is 0 Å². The molecule has 0 spiro atoms. The molecule has 0 aromatic rings. The van der Waals surface area contributed by atoms with Crippen LogP contribution < -0.4 is 33.2 Å². The summed E-state index contributed by atoms with van der Waals surface area (Å²) in [5.74, 6) is -2.74. The summed E-state index contributed by atoms with van der Waals surface area (Å²) in [7, 11) is 0. The minimum Gasteiger partial charge on any atom is -0.480 e. The van der Waals surface area contributed by atoms with Crippen LogP contribution in [-0.2, 0) is 19.2 Å². The van der Waals surface area contributed by atoms with Gasteiger partial charge in [0, 0.05) is 12.3 Å². The molecule has 0 radical (unpaired) electrons. The first-order chi connectivity index (χ1) is 16.0. The van der Waals surface area contributed by atoms with Crippen molar-refractivity contribution in [3.05, 3.63) is 0 Å². The highest BCUT2D eigenvalue weighted by molar-refractivity contribution is 7.98. The summed E-state index contributed by atoms with van der Waals surface area (Å²) >= 11 is 5.42. The Bertz CT molecular complexity index is 707. The van der Waals surface area contributed by atoms with Crippen LogP contribution in [0.3, 0.4) is 0 Å². The first-order valence-corrected chi connectivity index (χ1v) is 13.1. The Morgan fingerprint density at radius 1 is 1.03 bits per heavy atom. The number of carboxylic acid groups (broad SMARTS) is 1. The van der Waals surface area contributed by atoms with Gasteiger partial charge in [0.25, 0.3) is 0 Å². The van der Waals surface area contributed by atoms with Crippen molar-refractivity contribution in [1.29, 1.82) is 0 Å². The highest BCUT2D eigenvalue weighted by atomic mass is 32.2. The Morgan fingerprint density at radius 3 is 2.15 bits per heavy atom. The zero-order valence-corrected chi connectivity index (χ0v) is 21.7. The van der Waals surface area contributed by atoms with Crippen LogP contribution in [0.1, 0.15) is 39.5 Å². The maximum absolute atomic E-state index is 13.1. The number of nitrogens with zero attached hydrogens (tertiary/aromatic N) is 1. The van der Waals surface area contributed by atoms with Crippen LogP contribution in [0.25, 0.3) is 0 Å². The molecule has 0 aliphatic rings. The smallest absolute Gasteiger partial charge is 0.327 e. The lowest BCUT2D eigenvalue weighted by Crippen LogP contribution is -2.58. The standard InChI is InChI=1S/C20H39N7O5S2/c1-4-11(2)15(27-16(28)12(21)6-5-8-24-20(22)23)18(30)25-13(7-9-34-3)17(29)26-14(10-33)19(31)32/h11-15,33H,4-10,21H2,1-3H3,(H,25,30)(H,26,29)(H,27,28)(H,31,32)(H4,22,23,24). The lowest BCUT2D eigenvalue weighted by atomic mass is 9.97. The lowest BCUT2D eigenvalue weighted by molar-refractivity contribution is -0.141. The number of aliphatic imine (C=N–C) groups is 1. The molecule has 0 bridgehead atoms. The summed E-state index contributed by atoms with van der Waals surface area (Å²) in [5, 5.41) is 16.9. The van der Waals surface area contributed by atoms with Crippen LogP contribution in [0.4, 0.5) is 0 Å². The predicted octanol–water partition coefficient (Wildman–Crippen LogP) is -1.36. The number of nitrogens with two attached hydrogens (primary N) is 3. The Balaban J connectivity index is 5.31. The Labute approximate surface area is 210 Å². The predicted molar refractivity (Wildman–Crippen MR) is 138 cm³/mol. The number of thioether (sulfide) groups is 1. The van der Waals surface area contributed by atoms with Gasteiger partial charge in [0.15, 0.2) is 5.96 Å². The van der Waals surface area contributed by atoms with Gasteiger partial charge in [-0.25, -0.2) is 4.79 Å². The van der Waals surface area contributed by atoms with Gasteiger partial charge in [0.1, 0.15) is 18.1 Å². The van der Waals surface area contributed by atoms with Gasteiger partial charge in [-0.1, -0.05) is 20.3 Å². The van der Waals surface area contributed by atoms with E-state index in [1.54, 1.807) is 6.92 Å². The van der Waals surface area contributed by atoms with Crippen LogP contribution in [0.2, 0.25) is 0 Å². The third-order valence-corrected chi connectivity index (χ3v) is 6.15. The summed E-state index contributed by atoms with van der Waals surface area (Å²) in [4.78, 5) is 53.4. The molecule has 0 heterocycles. The summed E-state index contributed by atoms with van der Waals surface area (Å²) in [5.41, 5.74) is 16.5. The molecule has 0 aliphatic heterocycles. The largest absolute Gasteiger partial charge is 0.480 e. The second-order valence-corrected chi connectivity index (χ2v) is 9.20. The van der Waals surface area contributed by atoms with Crippen molar-refractivity contribution < 1.29 is 24.3 Å². The second kappa shape index (κ2) is 17.3. The average molecular weight is 522 g/mol. The van der Waals surface area contributed by atoms with Gasteiger partial charge in [0.05, 0.1) is 6.04 Å². The number of carbonyl (C=O) groups excluding carboxylic acids is 3. The van der Waals surface area contributed by atoms with Crippen molar-refractivity contribution in [3.63, 3.8) is 0 Å². The van der Waals surface area contributed by atoms with E-state index in [0.717, 1.165) is 0 Å². The van der Waals surface area contributed by atoms with E-state index < -0.39 is 47.9 Å². The molecular formula is C20H39N7O5S2. The lowest BCUT2D eigenvalue weighted by Gasteiger charge is -2.28. The molecule has 0 aromatic carbocycles. The molecule has 0 saturated heterocycles. The van der Waals surface area contributed by atoms with E-state index in [9.17, 15) is 24.3 Å². The van der Waals surface area contributed by atoms with Crippen molar-refractivity contribution in [2.24, 2.45) is 28.1 Å². The summed E-state index contributed by atoms with van der Waals surface area (Å²) in [6.45, 7) is 4.00. The molecular weight excluding hydrogens is 482 g/mol. The molecule has 5 atom stereocenters. The number of nitrogens with one attached hydrogen (secondary N) is 3. The van der Waals surface area contributed by atoms with E-state index >= 15 is 0 Å². The minimum atomic E-state index is -1.23. The molecule has 12 nitrogen and oxygen atoms in total. The van der Waals surface area contributed by atoms with E-state index in [1.165, 1.54) is 11.8 Å². The van der Waals surface area contributed by atoms with Crippen molar-refractivity contribution in [1.82, 2.24) is 16.0 Å². The number of carbonyl (C=O) groups is 4. The average Bonchev–Trinajstić information content (AvgIpc) is 2.79. The maximum atomic E-state index is 13.1. The number of hydrogen-bond acceptors (Lipinski definition) is 8. The number of aliphatic carboxylic acids is 1. The maximum Gasteiger partial charge on any atom is 0.327 e. The van der Waals surface area contributed by atoms with Gasteiger partial charge < -0.3 is 38.3 Å². The van der Waals surface area contributed by atoms with Crippen LogP contribution >= 0.6 is 24.4 Å². The fourth-order valence-corrected chi connectivity index (χ4v) is 3.56. The Morgan fingerprint density at radius 2 is 1.65 bits per heavy atom. The van der Waals surface area contributed by atoms with Crippen molar-refractivity contribution in [2.45, 2.75) is 63.7 Å². The van der Waals surface area contributed by atoms with Crippen LogP contribution in [0.15, 0.2) is 4.99 Å². The first kappa shape index (κ1) is 31.8. The highest BCUT2D eigenvalue weighted by Crippen LogP contribution is 2.11. The fraction of sp³-hybridized carbons (Fsp3) is 0.750. The summed E-state index contributed by atoms with van der Waals surface area (Å²) in [6, 6.07) is -3.95. The second-order valence-electron chi connectivity index (χ2n) is 7.85. The quantitative estimate of drug-likeness (QED) is 0.0490. The molecule has 3 amide bonds. The number of thiol groups is 1. The van der Waals surface area contributed by atoms with E-state index in [2.05, 4.69) is 33.6 Å². The molecule has 0 rings (SSSR count). The molecule has 14 heteroatoms. The summed E-state index contributed by atoms with van der Waals surface area (Å²) in [6.07, 6.45) is 3.51. The van der Waals surface area contributed by atoms with Gasteiger partial charge in [-0.3, -0.25) is 19.4 Å². The number of guanidine groups is 1. The highest BCUT2D eigenvalue weighted by Gasteiger charge is 2.32. The van der Waals surface area contributed by atoms with Gasteiger partial charge >= 0.3 is 5.97 Å². The van der Waals surface area contributed by atoms with Crippen molar-refractivity contribution in [2.75, 3.05) is 24.3 Å². The molecule has 0 aromatic heterocycles. The van der Waals surface area contributed by atoms with E-state index in [4.69, 9.17) is 17.2 Å². The van der Waals surface area contributed by atoms with Crippen LogP contribution in [0.5, 0.6) is 0 Å². The topological polar surface area (TPSA) is 215 Å². The van der Waals surface area contributed by atoms with E-state index in [-0.39, 0.29) is 24.1 Å². The molecule has 10 N–H and O–H groups in total. The zero-order valence-electron chi connectivity index (χ0n) is 20.0. The third kappa shape index (κ3) is 12.3. The molecule has 34 heavy (non-hydrogen) atoms. The van der Waals surface area contributed by atoms with E-state index in [1.807, 2.05) is 13.2 Å². The molecule has 5 unspecified atom stereocenters. The minimum absolute atomic E-state index is 0.0457. The van der Waals surface area contributed by atoms with Gasteiger partial charge in [-0.05, 0) is 37.2 Å². The molecule has 0 aliphatic carbocycles. The zero-order chi connectivity index (χ0) is 26.3. The van der Waals surface area contributed by atoms with Crippen LogP contribution in [0, 0.1) is 5.92 Å². The Kier molecular flexibility index (Phi) is 16.2. The third-order valence-electron chi connectivity index (χ3n) is 5.14. The van der Waals surface area contributed by atoms with Gasteiger partial charge in [-0.2, -0.15) is 24.4 Å². The first-order valence-electron chi connectivity index (χ1n) is 11.0. The number of hydrogen-bond donors (Lipinski definition) is 8. The number of carboxylic acids is 1. The van der Waals surface area contributed by atoms with Gasteiger partial charge in [0.2, 0.25) is 17.7 Å². The Hall–Kier alpha value is -2.19.